The van der Waals surface area contributed by atoms with Crippen molar-refractivity contribution >= 4 is 5.57 Å². The van der Waals surface area contributed by atoms with Crippen LogP contribution in [0, 0.1) is 11.7 Å². The number of fused-ring (bicyclic) bond motifs is 2. The molecule has 2 heteroatoms. The van der Waals surface area contributed by atoms with Gasteiger partial charge in [-0.15, -0.1) is 0 Å². The number of halogens is 1. The van der Waals surface area contributed by atoms with Gasteiger partial charge in [0.05, 0.1) is 0 Å². The molecule has 2 aromatic carbocycles. The van der Waals surface area contributed by atoms with Gasteiger partial charge in [-0.1, -0.05) is 48.5 Å². The highest BCUT2D eigenvalue weighted by atomic mass is 19.1. The average molecular weight is 279 g/mol. The van der Waals surface area contributed by atoms with Gasteiger partial charge in [0.2, 0.25) is 0 Å². The molecule has 0 amide bonds. The Morgan fingerprint density at radius 2 is 1.57 bits per heavy atom. The molecule has 106 valence electrons. The van der Waals surface area contributed by atoms with Crippen molar-refractivity contribution in [2.75, 3.05) is 19.6 Å². The van der Waals surface area contributed by atoms with E-state index in [9.17, 15) is 4.39 Å². The van der Waals surface area contributed by atoms with Crippen molar-refractivity contribution < 1.29 is 4.39 Å². The van der Waals surface area contributed by atoms with E-state index in [1.807, 2.05) is 12.1 Å². The van der Waals surface area contributed by atoms with Crippen molar-refractivity contribution in [2.24, 2.45) is 5.92 Å². The lowest BCUT2D eigenvalue weighted by Gasteiger charge is -2.25. The first-order valence-corrected chi connectivity index (χ1v) is 7.54. The maximum atomic E-state index is 13.2. The first-order valence-electron chi connectivity index (χ1n) is 7.54. The minimum atomic E-state index is -0.164. The third-order valence-electron chi connectivity index (χ3n) is 4.77. The van der Waals surface area contributed by atoms with Crippen LogP contribution in [0.15, 0.2) is 60.7 Å². The van der Waals surface area contributed by atoms with Gasteiger partial charge >= 0.3 is 0 Å². The SMILES string of the molecule is Fc1ccc(C2=CCN3C[C@H]2[C@H](c2ccccc2)C3)cc1. The zero-order chi connectivity index (χ0) is 14.2. The highest BCUT2D eigenvalue weighted by molar-refractivity contribution is 5.70. The summed E-state index contributed by atoms with van der Waals surface area (Å²) >= 11 is 0. The molecule has 0 radical (unpaired) electrons. The molecule has 0 aliphatic carbocycles. The van der Waals surface area contributed by atoms with Crippen LogP contribution in [0.25, 0.3) is 5.57 Å². The van der Waals surface area contributed by atoms with Gasteiger partial charge in [-0.05, 0) is 28.8 Å². The van der Waals surface area contributed by atoms with E-state index in [4.69, 9.17) is 0 Å². The highest BCUT2D eigenvalue weighted by Gasteiger charge is 2.38. The van der Waals surface area contributed by atoms with Crippen molar-refractivity contribution in [1.82, 2.24) is 4.90 Å². The predicted octanol–water partition coefficient (Wildman–Crippen LogP) is 3.94. The fraction of sp³-hybridized carbons (Fsp3) is 0.263. The smallest absolute Gasteiger partial charge is 0.123 e. The largest absolute Gasteiger partial charge is 0.298 e. The summed E-state index contributed by atoms with van der Waals surface area (Å²) in [7, 11) is 0. The summed E-state index contributed by atoms with van der Waals surface area (Å²) in [5, 5.41) is 0. The van der Waals surface area contributed by atoms with Crippen LogP contribution < -0.4 is 0 Å². The van der Waals surface area contributed by atoms with E-state index >= 15 is 0 Å². The Hall–Kier alpha value is -1.93. The van der Waals surface area contributed by atoms with Gasteiger partial charge in [0.25, 0.3) is 0 Å². The molecule has 21 heavy (non-hydrogen) atoms. The van der Waals surface area contributed by atoms with Crippen LogP contribution in [0.2, 0.25) is 0 Å². The van der Waals surface area contributed by atoms with E-state index < -0.39 is 0 Å². The van der Waals surface area contributed by atoms with Crippen LogP contribution >= 0.6 is 0 Å². The second kappa shape index (κ2) is 5.12. The monoisotopic (exact) mass is 279 g/mol. The standard InChI is InChI=1S/C19H18FN/c20-16-8-6-15(7-9-16)17-10-11-21-12-18(19(17)13-21)14-4-2-1-3-5-14/h1-10,18-19H,11-13H2/t18-,19+/m0/s1. The van der Waals surface area contributed by atoms with E-state index in [2.05, 4.69) is 41.3 Å². The number of hydrogen-bond acceptors (Lipinski definition) is 1. The lowest BCUT2D eigenvalue weighted by Crippen LogP contribution is -2.24. The predicted molar refractivity (Wildman–Crippen MR) is 83.5 cm³/mol. The van der Waals surface area contributed by atoms with Crippen LogP contribution in [-0.4, -0.2) is 24.5 Å². The molecule has 0 aromatic heterocycles. The topological polar surface area (TPSA) is 3.24 Å². The van der Waals surface area contributed by atoms with Crippen LogP contribution in [0.5, 0.6) is 0 Å². The molecule has 0 N–H and O–H groups in total. The van der Waals surface area contributed by atoms with Gasteiger partial charge < -0.3 is 0 Å². The molecule has 1 nitrogen and oxygen atoms in total. The quantitative estimate of drug-likeness (QED) is 0.805. The van der Waals surface area contributed by atoms with Crippen LogP contribution in [0.1, 0.15) is 17.0 Å². The van der Waals surface area contributed by atoms with Crippen LogP contribution in [0.4, 0.5) is 4.39 Å². The normalized spacial score (nSPS) is 27.5. The van der Waals surface area contributed by atoms with Gasteiger partial charge in [0.1, 0.15) is 5.82 Å². The van der Waals surface area contributed by atoms with Crippen molar-refractivity contribution in [1.29, 1.82) is 0 Å². The summed E-state index contributed by atoms with van der Waals surface area (Å²) in [6.07, 6.45) is 2.32. The lowest BCUT2D eigenvalue weighted by molar-refractivity contribution is 0.360. The van der Waals surface area contributed by atoms with Gasteiger partial charge in [0.15, 0.2) is 0 Å². The van der Waals surface area contributed by atoms with Gasteiger partial charge in [-0.25, -0.2) is 4.39 Å². The van der Waals surface area contributed by atoms with E-state index in [1.165, 1.54) is 16.7 Å². The molecule has 1 fully saturated rings. The number of hydrogen-bond donors (Lipinski definition) is 0. The molecule has 1 saturated heterocycles. The van der Waals surface area contributed by atoms with Crippen molar-refractivity contribution in [3.63, 3.8) is 0 Å². The average Bonchev–Trinajstić information content (AvgIpc) is 2.87. The first kappa shape index (κ1) is 12.8. The third kappa shape index (κ3) is 2.30. The number of benzene rings is 2. The molecule has 2 aliphatic rings. The summed E-state index contributed by atoms with van der Waals surface area (Å²) in [5.74, 6) is 0.902. The molecule has 4 rings (SSSR count). The van der Waals surface area contributed by atoms with Crippen molar-refractivity contribution in [2.45, 2.75) is 5.92 Å². The third-order valence-corrected chi connectivity index (χ3v) is 4.77. The zero-order valence-electron chi connectivity index (χ0n) is 11.9. The molecule has 3 atom stereocenters. The molecular formula is C19H18FN. The van der Waals surface area contributed by atoms with Gasteiger partial charge in [-0.2, -0.15) is 0 Å². The number of nitrogens with zero attached hydrogens (tertiary/aromatic N) is 1. The minimum absolute atomic E-state index is 0.164. The molecule has 2 bridgehead atoms. The molecule has 0 saturated carbocycles. The Labute approximate surface area is 124 Å². The molecule has 0 spiro atoms. The van der Waals surface area contributed by atoms with E-state index in [1.54, 1.807) is 12.1 Å². The fourth-order valence-corrected chi connectivity index (χ4v) is 3.74. The maximum Gasteiger partial charge on any atom is 0.123 e. The summed E-state index contributed by atoms with van der Waals surface area (Å²) in [4.78, 5) is 2.51. The van der Waals surface area contributed by atoms with E-state index in [0.717, 1.165) is 19.6 Å². The van der Waals surface area contributed by atoms with Gasteiger partial charge in [-0.3, -0.25) is 4.90 Å². The second-order valence-corrected chi connectivity index (χ2v) is 6.01. The fourth-order valence-electron chi connectivity index (χ4n) is 3.74. The van der Waals surface area contributed by atoms with Crippen molar-refractivity contribution in [3.8, 4) is 0 Å². The zero-order valence-corrected chi connectivity index (χ0v) is 11.9. The van der Waals surface area contributed by atoms with Gasteiger partial charge in [0, 0.05) is 31.5 Å². The Balaban J connectivity index is 1.70. The number of rotatable bonds is 2. The van der Waals surface area contributed by atoms with E-state index in [0.29, 0.717) is 11.8 Å². The minimum Gasteiger partial charge on any atom is -0.298 e. The maximum absolute atomic E-state index is 13.2. The summed E-state index contributed by atoms with van der Waals surface area (Å²) in [5.41, 5.74) is 3.97. The Morgan fingerprint density at radius 1 is 0.857 bits per heavy atom. The molecule has 2 aliphatic heterocycles. The highest BCUT2D eigenvalue weighted by Crippen LogP contribution is 2.43. The van der Waals surface area contributed by atoms with Crippen molar-refractivity contribution in [3.05, 3.63) is 77.6 Å². The summed E-state index contributed by atoms with van der Waals surface area (Å²) < 4.78 is 13.2. The Morgan fingerprint density at radius 3 is 2.33 bits per heavy atom. The molecule has 2 heterocycles. The Kier molecular flexibility index (Phi) is 3.12. The summed E-state index contributed by atoms with van der Waals surface area (Å²) in [6.45, 7) is 3.24. The first-order chi connectivity index (χ1) is 10.3. The summed E-state index contributed by atoms with van der Waals surface area (Å²) in [6, 6.07) is 17.7. The second-order valence-electron chi connectivity index (χ2n) is 6.01. The van der Waals surface area contributed by atoms with E-state index in [-0.39, 0.29) is 5.82 Å². The van der Waals surface area contributed by atoms with Crippen LogP contribution in [0.3, 0.4) is 0 Å². The molecule has 2 aromatic rings. The molecular weight excluding hydrogens is 261 g/mol. The lowest BCUT2D eigenvalue weighted by atomic mass is 9.80. The molecule has 1 unspecified atom stereocenters. The Bertz CT molecular complexity index is 660. The van der Waals surface area contributed by atoms with Crippen LogP contribution in [-0.2, 0) is 0 Å².